The lowest BCUT2D eigenvalue weighted by molar-refractivity contribution is 0.0754. The van der Waals surface area contributed by atoms with Crippen LogP contribution >= 0.6 is 27.3 Å². The molecule has 8 heteroatoms. The van der Waals surface area contributed by atoms with Crippen LogP contribution in [0.3, 0.4) is 0 Å². The number of hydrogen-bond donors (Lipinski definition) is 0. The van der Waals surface area contributed by atoms with Gasteiger partial charge in [0.15, 0.2) is 0 Å². The first-order chi connectivity index (χ1) is 11.2. The summed E-state index contributed by atoms with van der Waals surface area (Å²) in [5.74, 6) is -0.00746. The van der Waals surface area contributed by atoms with Crippen molar-refractivity contribution < 1.29 is 4.79 Å². The Morgan fingerprint density at radius 2 is 2.22 bits per heavy atom. The largest absolute Gasteiger partial charge is 0.334 e. The van der Waals surface area contributed by atoms with Gasteiger partial charge in [-0.05, 0) is 63.6 Å². The van der Waals surface area contributed by atoms with Crippen molar-refractivity contribution in [3.05, 3.63) is 57.0 Å². The summed E-state index contributed by atoms with van der Waals surface area (Å²) in [7, 11) is 0. The highest BCUT2D eigenvalue weighted by molar-refractivity contribution is 9.11. The quantitative estimate of drug-likeness (QED) is 0.669. The molecule has 1 aromatic carbocycles. The summed E-state index contributed by atoms with van der Waals surface area (Å²) in [6, 6.07) is 11.3. The first kappa shape index (κ1) is 15.8. The van der Waals surface area contributed by atoms with Crippen LogP contribution in [0, 0.1) is 0 Å². The topological polar surface area (TPSA) is 63.9 Å². The van der Waals surface area contributed by atoms with Gasteiger partial charge >= 0.3 is 0 Å². The lowest BCUT2D eigenvalue weighted by atomic mass is 10.1. The molecule has 0 spiro atoms. The number of carbonyl (C=O) groups is 1. The third kappa shape index (κ3) is 3.65. The molecule has 3 rings (SSSR count). The first-order valence-electron chi connectivity index (χ1n) is 7.04. The number of carbonyl (C=O) groups excluding carboxylic acids is 1. The van der Waals surface area contributed by atoms with Gasteiger partial charge in [0.2, 0.25) is 0 Å². The molecular weight excluding hydrogens is 378 g/mol. The molecule has 0 bridgehead atoms. The zero-order valence-corrected chi connectivity index (χ0v) is 14.8. The van der Waals surface area contributed by atoms with Gasteiger partial charge < -0.3 is 4.90 Å². The van der Waals surface area contributed by atoms with Crippen molar-refractivity contribution in [3.63, 3.8) is 0 Å². The summed E-state index contributed by atoms with van der Waals surface area (Å²) in [5, 5.41) is 11.1. The summed E-state index contributed by atoms with van der Waals surface area (Å²) in [6.07, 6.45) is 1.50. The minimum absolute atomic E-state index is 0.00746. The number of thiophene rings is 1. The molecule has 0 radical (unpaired) electrons. The third-order valence-corrected chi connectivity index (χ3v) is 4.96. The van der Waals surface area contributed by atoms with Gasteiger partial charge in [-0.2, -0.15) is 0 Å². The van der Waals surface area contributed by atoms with Crippen molar-refractivity contribution in [3.8, 4) is 5.69 Å². The monoisotopic (exact) mass is 391 g/mol. The van der Waals surface area contributed by atoms with E-state index in [9.17, 15) is 4.79 Å². The highest BCUT2D eigenvalue weighted by atomic mass is 79.9. The maximum atomic E-state index is 12.8. The Morgan fingerprint density at radius 1 is 1.35 bits per heavy atom. The molecule has 3 aromatic rings. The Kier molecular flexibility index (Phi) is 4.82. The Morgan fingerprint density at radius 3 is 2.87 bits per heavy atom. The minimum Gasteiger partial charge on any atom is -0.334 e. The summed E-state index contributed by atoms with van der Waals surface area (Å²) < 4.78 is 2.60. The fraction of sp³-hybridized carbons (Fsp3) is 0.200. The molecule has 1 amide bonds. The number of hydrogen-bond acceptors (Lipinski definition) is 5. The molecule has 0 fully saturated rings. The predicted octanol–water partition coefficient (Wildman–Crippen LogP) is 3.15. The van der Waals surface area contributed by atoms with E-state index in [2.05, 4.69) is 31.5 Å². The molecule has 0 aliphatic carbocycles. The molecule has 0 aliphatic rings. The number of tetrazole rings is 1. The van der Waals surface area contributed by atoms with E-state index in [1.807, 2.05) is 42.2 Å². The molecule has 0 atom stereocenters. The van der Waals surface area contributed by atoms with E-state index in [4.69, 9.17) is 0 Å². The van der Waals surface area contributed by atoms with E-state index >= 15 is 0 Å². The number of nitrogens with zero attached hydrogens (tertiary/aromatic N) is 5. The molecule has 0 saturated heterocycles. The number of benzene rings is 1. The highest BCUT2D eigenvalue weighted by Crippen LogP contribution is 2.24. The van der Waals surface area contributed by atoms with E-state index in [1.165, 1.54) is 11.0 Å². The normalized spacial score (nSPS) is 10.7. The Hall–Kier alpha value is -2.06. The number of halogens is 1. The zero-order valence-electron chi connectivity index (χ0n) is 12.4. The van der Waals surface area contributed by atoms with Crippen molar-refractivity contribution >= 4 is 33.2 Å². The van der Waals surface area contributed by atoms with E-state index < -0.39 is 0 Å². The zero-order chi connectivity index (χ0) is 16.2. The molecule has 6 nitrogen and oxygen atoms in total. The fourth-order valence-electron chi connectivity index (χ4n) is 2.20. The summed E-state index contributed by atoms with van der Waals surface area (Å²) >= 11 is 5.09. The standard InChI is InChI=1S/C15H14BrN5OS/c1-2-20(9-13-6-7-14(16)23-13)15(22)11-4-3-5-12(8-11)21-10-17-18-19-21/h3-8,10H,2,9H2,1H3. The van der Waals surface area contributed by atoms with Crippen LogP contribution in [0.25, 0.3) is 5.69 Å². The van der Waals surface area contributed by atoms with Gasteiger partial charge in [-0.15, -0.1) is 16.4 Å². The number of rotatable bonds is 5. The summed E-state index contributed by atoms with van der Waals surface area (Å²) in [4.78, 5) is 15.7. The lowest BCUT2D eigenvalue weighted by Crippen LogP contribution is -2.30. The Labute approximate surface area is 145 Å². The average molecular weight is 392 g/mol. The van der Waals surface area contributed by atoms with Gasteiger partial charge in [0.05, 0.1) is 16.0 Å². The second kappa shape index (κ2) is 7.01. The van der Waals surface area contributed by atoms with Crippen LogP contribution in [0.4, 0.5) is 0 Å². The maximum Gasteiger partial charge on any atom is 0.254 e. The lowest BCUT2D eigenvalue weighted by Gasteiger charge is -2.20. The maximum absolute atomic E-state index is 12.8. The average Bonchev–Trinajstić information content (AvgIpc) is 3.24. The fourth-order valence-corrected chi connectivity index (χ4v) is 3.69. The van der Waals surface area contributed by atoms with Crippen LogP contribution in [0.15, 0.2) is 46.5 Å². The second-order valence-corrected chi connectivity index (χ2v) is 7.38. The molecular formula is C15H14BrN5OS. The third-order valence-electron chi connectivity index (χ3n) is 3.35. The second-order valence-electron chi connectivity index (χ2n) is 4.83. The molecule has 0 aliphatic heterocycles. The summed E-state index contributed by atoms with van der Waals surface area (Å²) in [6.45, 7) is 3.22. The minimum atomic E-state index is -0.00746. The van der Waals surface area contributed by atoms with Gasteiger partial charge in [-0.3, -0.25) is 4.79 Å². The van der Waals surface area contributed by atoms with E-state index in [0.717, 1.165) is 14.4 Å². The van der Waals surface area contributed by atoms with Crippen molar-refractivity contribution in [2.24, 2.45) is 0 Å². The highest BCUT2D eigenvalue weighted by Gasteiger charge is 2.16. The molecule has 2 aromatic heterocycles. The molecule has 118 valence electrons. The van der Waals surface area contributed by atoms with E-state index in [0.29, 0.717) is 18.7 Å². The van der Waals surface area contributed by atoms with Crippen LogP contribution in [0.1, 0.15) is 22.2 Å². The van der Waals surface area contributed by atoms with Crippen LogP contribution in [-0.2, 0) is 6.54 Å². The predicted molar refractivity (Wildman–Crippen MR) is 91.6 cm³/mol. The number of amides is 1. The van der Waals surface area contributed by atoms with Crippen LogP contribution in [0.5, 0.6) is 0 Å². The van der Waals surface area contributed by atoms with E-state index in [1.54, 1.807) is 17.4 Å². The smallest absolute Gasteiger partial charge is 0.254 e. The number of aromatic nitrogens is 4. The van der Waals surface area contributed by atoms with Crippen molar-refractivity contribution in [1.29, 1.82) is 0 Å². The van der Waals surface area contributed by atoms with Crippen molar-refractivity contribution in [2.75, 3.05) is 6.54 Å². The van der Waals surface area contributed by atoms with Crippen LogP contribution < -0.4 is 0 Å². The van der Waals surface area contributed by atoms with Crippen molar-refractivity contribution in [2.45, 2.75) is 13.5 Å². The van der Waals surface area contributed by atoms with Crippen LogP contribution in [-0.4, -0.2) is 37.6 Å². The summed E-state index contributed by atoms with van der Waals surface area (Å²) in [5.41, 5.74) is 1.38. The SMILES string of the molecule is CCN(Cc1ccc(Br)s1)C(=O)c1cccc(-n2cnnn2)c1. The van der Waals surface area contributed by atoms with Gasteiger partial charge in [0.1, 0.15) is 6.33 Å². The molecule has 0 N–H and O–H groups in total. The molecule has 2 heterocycles. The van der Waals surface area contributed by atoms with Gasteiger partial charge in [0.25, 0.3) is 5.91 Å². The Bertz CT molecular complexity index is 802. The molecule has 23 heavy (non-hydrogen) atoms. The Balaban J connectivity index is 1.82. The molecule has 0 unspecified atom stereocenters. The van der Waals surface area contributed by atoms with Gasteiger partial charge in [-0.1, -0.05) is 6.07 Å². The van der Waals surface area contributed by atoms with Gasteiger partial charge in [0, 0.05) is 17.0 Å². The first-order valence-corrected chi connectivity index (χ1v) is 8.65. The van der Waals surface area contributed by atoms with Crippen LogP contribution in [0.2, 0.25) is 0 Å². The van der Waals surface area contributed by atoms with Gasteiger partial charge in [-0.25, -0.2) is 4.68 Å². The van der Waals surface area contributed by atoms with E-state index in [-0.39, 0.29) is 5.91 Å². The molecule has 0 saturated carbocycles. The van der Waals surface area contributed by atoms with Crippen molar-refractivity contribution in [1.82, 2.24) is 25.1 Å².